The number of aromatic nitrogens is 2. The van der Waals surface area contributed by atoms with Crippen LogP contribution in [0.25, 0.3) is 4.85 Å². The largest absolute Gasteiger partial charge is 0.434 e. The molecular formula is C14H15N4+. The Bertz CT molecular complexity index is 627. The Kier molecular flexibility index (Phi) is 3.54. The third-order valence-electron chi connectivity index (χ3n) is 2.45. The van der Waals surface area contributed by atoms with Crippen molar-refractivity contribution in [2.45, 2.75) is 13.8 Å². The fraction of sp³-hybridized carbons (Fsp3) is 0.214. The average molecular weight is 239 g/mol. The van der Waals surface area contributed by atoms with Gasteiger partial charge in [0, 0.05) is 20.0 Å². The van der Waals surface area contributed by atoms with Gasteiger partial charge in [0.1, 0.15) is 0 Å². The van der Waals surface area contributed by atoms with Crippen molar-refractivity contribution in [1.29, 1.82) is 0 Å². The number of aliphatic imine (C=N–C) groups is 1. The summed E-state index contributed by atoms with van der Waals surface area (Å²) in [5.41, 5.74) is 1.90. The lowest BCUT2D eigenvalue weighted by Gasteiger charge is -1.90. The minimum absolute atomic E-state index is 0.640. The van der Waals surface area contributed by atoms with Crippen LogP contribution in [0.15, 0.2) is 41.4 Å². The minimum Gasteiger partial charge on any atom is -0.230 e. The Balaban J connectivity index is 2.48. The summed E-state index contributed by atoms with van der Waals surface area (Å²) < 4.78 is 1.74. The van der Waals surface area contributed by atoms with E-state index in [1.807, 2.05) is 50.4 Å². The van der Waals surface area contributed by atoms with Gasteiger partial charge in [-0.3, -0.25) is 0 Å². The molecular weight excluding hydrogens is 224 g/mol. The molecule has 0 N–H and O–H groups in total. The predicted molar refractivity (Wildman–Crippen MR) is 73.5 cm³/mol. The minimum atomic E-state index is 0.640. The van der Waals surface area contributed by atoms with Crippen molar-refractivity contribution in [3.05, 3.63) is 52.5 Å². The number of amidine groups is 1. The fourth-order valence-corrected chi connectivity index (χ4v) is 1.66. The molecule has 0 aliphatic heterocycles. The molecule has 90 valence electrons. The van der Waals surface area contributed by atoms with Crippen molar-refractivity contribution in [2.75, 3.05) is 0 Å². The zero-order chi connectivity index (χ0) is 13.0. The highest BCUT2D eigenvalue weighted by Gasteiger charge is 2.15. The molecule has 4 nitrogen and oxygen atoms in total. The van der Waals surface area contributed by atoms with Gasteiger partial charge in [-0.1, -0.05) is 18.2 Å². The lowest BCUT2D eigenvalue weighted by atomic mass is 10.2. The topological polar surface area (TPSA) is 34.5 Å². The zero-order valence-corrected chi connectivity index (χ0v) is 10.8. The van der Waals surface area contributed by atoms with Crippen LogP contribution in [0.1, 0.15) is 18.2 Å². The van der Waals surface area contributed by atoms with E-state index >= 15 is 0 Å². The van der Waals surface area contributed by atoms with Crippen molar-refractivity contribution < 1.29 is 0 Å². The second-order valence-electron chi connectivity index (χ2n) is 3.90. The van der Waals surface area contributed by atoms with Gasteiger partial charge in [-0.05, 0) is 24.0 Å². The van der Waals surface area contributed by atoms with Crippen LogP contribution in [0.2, 0.25) is 0 Å². The molecule has 0 unspecified atom stereocenters. The first-order chi connectivity index (χ1) is 8.70. The first kappa shape index (κ1) is 12.1. The van der Waals surface area contributed by atoms with Gasteiger partial charge in [0.05, 0.1) is 11.3 Å². The summed E-state index contributed by atoms with van der Waals surface area (Å²) >= 11 is 0. The van der Waals surface area contributed by atoms with Crippen LogP contribution in [0, 0.1) is 13.0 Å². The molecule has 0 saturated carbocycles. The molecule has 18 heavy (non-hydrogen) atoms. The summed E-state index contributed by atoms with van der Waals surface area (Å²) in [7, 11) is 1.87. The van der Waals surface area contributed by atoms with Crippen LogP contribution < -0.4 is 0 Å². The van der Waals surface area contributed by atoms with E-state index in [1.165, 1.54) is 0 Å². The quantitative estimate of drug-likeness (QED) is 0.585. The Hall–Kier alpha value is -2.41. The molecule has 0 aliphatic rings. The van der Waals surface area contributed by atoms with Crippen molar-refractivity contribution in [2.24, 2.45) is 12.0 Å². The number of hydrogen-bond donors (Lipinski definition) is 0. The summed E-state index contributed by atoms with van der Waals surface area (Å²) in [6.07, 6.45) is 0. The molecule has 0 spiro atoms. The fourth-order valence-electron chi connectivity index (χ4n) is 1.66. The van der Waals surface area contributed by atoms with Gasteiger partial charge in [-0.2, -0.15) is 9.94 Å². The molecule has 0 amide bonds. The molecule has 0 radical (unpaired) electrons. The molecule has 1 aromatic carbocycles. The van der Waals surface area contributed by atoms with E-state index in [0.717, 1.165) is 17.1 Å². The maximum absolute atomic E-state index is 4.53. The third kappa shape index (κ3) is 2.64. The number of aryl methyl sites for hydroxylation is 2. The maximum atomic E-state index is 4.53. The molecule has 0 bridgehead atoms. The summed E-state index contributed by atoms with van der Waals surface area (Å²) in [6, 6.07) is 14.5. The standard InChI is InChI=1S/C14H15N4/c1-4-15-14(12-8-6-5-7-9-12)16-13-10-11(2)17-18(13)3/h5-10H,1-3H3/q+1/b16-14-. The lowest BCUT2D eigenvalue weighted by molar-refractivity contribution is 0.759. The zero-order valence-electron chi connectivity index (χ0n) is 10.8. The molecule has 1 heterocycles. The van der Waals surface area contributed by atoms with Crippen LogP contribution >= 0.6 is 0 Å². The summed E-state index contributed by atoms with van der Waals surface area (Å²) in [4.78, 5) is 8.73. The summed E-state index contributed by atoms with van der Waals surface area (Å²) in [5, 5.41) is 4.27. The molecule has 4 heteroatoms. The SMILES string of the molecule is CC#[N+]/C(=N\c1cc(C)nn1C)c1ccccc1. The Morgan fingerprint density at radius 2 is 2.06 bits per heavy atom. The lowest BCUT2D eigenvalue weighted by Crippen LogP contribution is -1.96. The van der Waals surface area contributed by atoms with Gasteiger partial charge in [0.2, 0.25) is 0 Å². The van der Waals surface area contributed by atoms with Gasteiger partial charge in [0.15, 0.2) is 6.07 Å². The highest BCUT2D eigenvalue weighted by atomic mass is 15.3. The van der Waals surface area contributed by atoms with Crippen molar-refractivity contribution in [1.82, 2.24) is 9.78 Å². The van der Waals surface area contributed by atoms with Gasteiger partial charge in [-0.15, -0.1) is 0 Å². The molecule has 2 aromatic rings. The first-order valence-electron chi connectivity index (χ1n) is 5.73. The maximum Gasteiger partial charge on any atom is 0.434 e. The Morgan fingerprint density at radius 3 is 2.61 bits per heavy atom. The van der Waals surface area contributed by atoms with E-state index in [0.29, 0.717) is 5.84 Å². The highest BCUT2D eigenvalue weighted by Crippen LogP contribution is 2.15. The highest BCUT2D eigenvalue weighted by molar-refractivity contribution is 6.07. The van der Waals surface area contributed by atoms with Crippen molar-refractivity contribution >= 4 is 11.7 Å². The number of hydrogen-bond acceptors (Lipinski definition) is 2. The second kappa shape index (κ2) is 5.28. The average Bonchev–Trinajstić information content (AvgIpc) is 2.68. The molecule has 1 aromatic heterocycles. The van der Waals surface area contributed by atoms with E-state index in [2.05, 4.69) is 21.0 Å². The van der Waals surface area contributed by atoms with E-state index < -0.39 is 0 Å². The number of nitrogens with zero attached hydrogens (tertiary/aromatic N) is 4. The van der Waals surface area contributed by atoms with Crippen molar-refractivity contribution in [3.8, 4) is 6.07 Å². The summed E-state index contributed by atoms with van der Waals surface area (Å²) in [6.45, 7) is 3.70. The number of benzene rings is 1. The third-order valence-corrected chi connectivity index (χ3v) is 2.45. The second-order valence-corrected chi connectivity index (χ2v) is 3.90. The van der Waals surface area contributed by atoms with Gasteiger partial charge >= 0.3 is 5.84 Å². The van der Waals surface area contributed by atoms with Gasteiger partial charge < -0.3 is 0 Å². The number of rotatable bonds is 2. The van der Waals surface area contributed by atoms with E-state index in [4.69, 9.17) is 0 Å². The predicted octanol–water partition coefficient (Wildman–Crippen LogP) is 3.16. The molecule has 2 rings (SSSR count). The van der Waals surface area contributed by atoms with Crippen LogP contribution in [0.5, 0.6) is 0 Å². The monoisotopic (exact) mass is 239 g/mol. The smallest absolute Gasteiger partial charge is 0.230 e. The van der Waals surface area contributed by atoms with Crippen molar-refractivity contribution in [3.63, 3.8) is 0 Å². The van der Waals surface area contributed by atoms with Crippen LogP contribution in [0.4, 0.5) is 5.82 Å². The molecule has 0 fully saturated rings. The molecule has 0 atom stereocenters. The van der Waals surface area contributed by atoms with E-state index in [9.17, 15) is 0 Å². The van der Waals surface area contributed by atoms with E-state index in [1.54, 1.807) is 11.6 Å². The molecule has 0 saturated heterocycles. The first-order valence-corrected chi connectivity index (χ1v) is 5.73. The normalized spacial score (nSPS) is 10.9. The Morgan fingerprint density at radius 1 is 1.33 bits per heavy atom. The van der Waals surface area contributed by atoms with Crippen LogP contribution in [-0.4, -0.2) is 15.6 Å². The van der Waals surface area contributed by atoms with Gasteiger partial charge in [-0.25, -0.2) is 4.68 Å². The molecule has 0 aliphatic carbocycles. The van der Waals surface area contributed by atoms with Gasteiger partial charge in [0.25, 0.3) is 5.82 Å². The summed E-state index contributed by atoms with van der Waals surface area (Å²) in [5.74, 6) is 1.42. The Labute approximate surface area is 106 Å². The van der Waals surface area contributed by atoms with Crippen LogP contribution in [-0.2, 0) is 7.05 Å². The van der Waals surface area contributed by atoms with E-state index in [-0.39, 0.29) is 0 Å². The van der Waals surface area contributed by atoms with Crippen LogP contribution in [0.3, 0.4) is 0 Å².